The van der Waals surface area contributed by atoms with Crippen LogP contribution < -0.4 is 30.7 Å². The molecule has 0 radical (unpaired) electrons. The second-order valence-electron chi connectivity index (χ2n) is 9.17. The van der Waals surface area contributed by atoms with Crippen LogP contribution in [-0.2, 0) is 28.7 Å². The summed E-state index contributed by atoms with van der Waals surface area (Å²) in [6.07, 6.45) is 2.44. The molecular weight excluding hydrogens is 612 g/mol. The van der Waals surface area contributed by atoms with Crippen LogP contribution in [0.5, 0.6) is 11.5 Å². The van der Waals surface area contributed by atoms with Crippen molar-refractivity contribution in [1.29, 1.82) is 0 Å². The monoisotopic (exact) mass is 640 g/mol. The molecule has 2 aromatic rings. The summed E-state index contributed by atoms with van der Waals surface area (Å²) in [5, 5.41) is 9.45. The van der Waals surface area contributed by atoms with Crippen molar-refractivity contribution in [3.8, 4) is 22.6 Å². The summed E-state index contributed by atoms with van der Waals surface area (Å²) in [7, 11) is 3.08. The summed E-state index contributed by atoms with van der Waals surface area (Å²) < 4.78 is 22.0. The quantitative estimate of drug-likeness (QED) is 0.107. The maximum Gasteiger partial charge on any atom is 0.244 e. The number of hydrogen-bond acceptors (Lipinski definition) is 12. The lowest BCUT2D eigenvalue weighted by atomic mass is 10.0. The van der Waals surface area contributed by atoms with Crippen LogP contribution in [0.1, 0.15) is 0 Å². The molecule has 0 unspecified atom stereocenters. The number of benzene rings is 2. The number of hydrogen-bond donors (Lipinski definition) is 4. The first-order valence-corrected chi connectivity index (χ1v) is 13.9. The molecule has 4 amide bonds. The van der Waals surface area contributed by atoms with Gasteiger partial charge in [-0.2, -0.15) is 0 Å². The highest BCUT2D eigenvalue weighted by Crippen LogP contribution is 2.37. The number of nitrogens with zero attached hydrogens (tertiary/aromatic N) is 2. The fourth-order valence-electron chi connectivity index (χ4n) is 3.94. The molecule has 230 valence electrons. The summed E-state index contributed by atoms with van der Waals surface area (Å²) >= 11 is 9.67. The molecular formula is C28H28N6O8S2. The normalized spacial score (nSPS) is 16.2. The van der Waals surface area contributed by atoms with Crippen LogP contribution in [0.2, 0.25) is 0 Å². The Morgan fingerprint density at radius 3 is 1.34 bits per heavy atom. The van der Waals surface area contributed by atoms with Gasteiger partial charge in [0.2, 0.25) is 23.6 Å². The van der Waals surface area contributed by atoms with Crippen LogP contribution in [0.4, 0.5) is 11.4 Å². The zero-order valence-corrected chi connectivity index (χ0v) is 25.2. The van der Waals surface area contributed by atoms with E-state index in [1.807, 2.05) is 0 Å². The maximum atomic E-state index is 12.2. The van der Waals surface area contributed by atoms with Crippen molar-refractivity contribution in [3.05, 3.63) is 36.4 Å². The van der Waals surface area contributed by atoms with Crippen molar-refractivity contribution in [2.24, 2.45) is 21.8 Å². The number of rotatable bonds is 13. The predicted octanol–water partition coefficient (Wildman–Crippen LogP) is 1.10. The van der Waals surface area contributed by atoms with Crippen molar-refractivity contribution in [3.63, 3.8) is 0 Å². The minimum Gasteiger partial charge on any atom is -0.489 e. The standard InChI is InChI=1S/C28H28N6O8S2/c1-39-7-9-41-21-11-15(3-5-19(21)29-13-17-23(35)31-27(43)32-24(17)36)16-4-6-20(22(12-16)42-10-8-40-2)30-14-18-25(37)33-28(44)34-26(18)38/h3-6,11-14,17-18H,7-10H2,1-2H3,(H2,31,32,35,36,43)(H2,33,34,37,38,44). The van der Waals surface area contributed by atoms with Crippen LogP contribution in [0.25, 0.3) is 11.1 Å². The Bertz CT molecular complexity index is 1390. The van der Waals surface area contributed by atoms with Crippen molar-refractivity contribution < 1.29 is 38.1 Å². The number of aliphatic imine (C=N–C) groups is 2. The topological polar surface area (TPSA) is 178 Å². The number of nitrogens with one attached hydrogen (secondary N) is 4. The highest BCUT2D eigenvalue weighted by Gasteiger charge is 2.32. The van der Waals surface area contributed by atoms with Gasteiger partial charge in [-0.15, -0.1) is 0 Å². The average molecular weight is 641 g/mol. The first-order valence-electron chi connectivity index (χ1n) is 13.1. The molecule has 0 atom stereocenters. The van der Waals surface area contributed by atoms with Gasteiger partial charge in [0.05, 0.1) is 13.2 Å². The van der Waals surface area contributed by atoms with Gasteiger partial charge in [0.15, 0.2) is 22.1 Å². The summed E-state index contributed by atoms with van der Waals surface area (Å²) in [5.74, 6) is -3.93. The summed E-state index contributed by atoms with van der Waals surface area (Å²) in [5.41, 5.74) is 2.20. The molecule has 2 fully saturated rings. The third-order valence-corrected chi connectivity index (χ3v) is 6.55. The molecule has 0 aliphatic carbocycles. The number of methoxy groups -OCH3 is 2. The van der Waals surface area contributed by atoms with Crippen molar-refractivity contribution in [2.75, 3.05) is 40.6 Å². The van der Waals surface area contributed by atoms with E-state index in [9.17, 15) is 19.2 Å². The lowest BCUT2D eigenvalue weighted by Gasteiger charge is -2.19. The summed E-state index contributed by atoms with van der Waals surface area (Å²) in [6.45, 7) is 1.05. The van der Waals surface area contributed by atoms with Crippen LogP contribution in [0.3, 0.4) is 0 Å². The van der Waals surface area contributed by atoms with E-state index in [1.54, 1.807) is 50.6 Å². The van der Waals surface area contributed by atoms with Crippen molar-refractivity contribution >= 4 is 82.1 Å². The molecule has 0 aromatic heterocycles. The molecule has 2 aromatic carbocycles. The number of carbonyl (C=O) groups is 4. The maximum absolute atomic E-state index is 12.2. The molecule has 4 rings (SSSR count). The van der Waals surface area contributed by atoms with Crippen molar-refractivity contribution in [1.82, 2.24) is 21.3 Å². The molecule has 2 saturated heterocycles. The Labute approximate surface area is 262 Å². The number of carbonyl (C=O) groups excluding carboxylic acids is 4. The third kappa shape index (κ3) is 8.25. The fraction of sp³-hybridized carbons (Fsp3) is 0.286. The van der Waals surface area contributed by atoms with E-state index >= 15 is 0 Å². The van der Waals surface area contributed by atoms with E-state index in [1.165, 1.54) is 12.4 Å². The highest BCUT2D eigenvalue weighted by molar-refractivity contribution is 7.80. The first-order chi connectivity index (χ1) is 21.2. The van der Waals surface area contributed by atoms with E-state index < -0.39 is 35.5 Å². The minimum absolute atomic E-state index is 0.0606. The lowest BCUT2D eigenvalue weighted by molar-refractivity contribution is -0.133. The molecule has 2 aliphatic heterocycles. The molecule has 0 bridgehead atoms. The van der Waals surface area contributed by atoms with Crippen LogP contribution in [0, 0.1) is 11.8 Å². The Hall–Kier alpha value is -4.64. The van der Waals surface area contributed by atoms with Crippen molar-refractivity contribution in [2.45, 2.75) is 0 Å². The van der Waals surface area contributed by atoms with Gasteiger partial charge in [-0.3, -0.25) is 29.2 Å². The van der Waals surface area contributed by atoms with E-state index in [4.69, 9.17) is 43.4 Å². The SMILES string of the molecule is COCCOc1cc(-c2ccc(N=CC3C(=O)NC(=S)NC3=O)c(OCCOC)c2)ccc1N=CC1C(=O)NC(=S)NC1=O. The summed E-state index contributed by atoms with van der Waals surface area (Å²) in [6, 6.07) is 10.4. The zero-order chi connectivity index (χ0) is 31.6. The van der Waals surface area contributed by atoms with Gasteiger partial charge in [0.25, 0.3) is 0 Å². The molecule has 16 heteroatoms. The van der Waals surface area contributed by atoms with Crippen LogP contribution in [0.15, 0.2) is 46.4 Å². The van der Waals surface area contributed by atoms with E-state index in [2.05, 4.69) is 31.3 Å². The molecule has 0 spiro atoms. The van der Waals surface area contributed by atoms with E-state index in [0.717, 1.165) is 11.1 Å². The molecule has 14 nitrogen and oxygen atoms in total. The minimum atomic E-state index is -1.17. The number of thiocarbonyl (C=S) groups is 2. The van der Waals surface area contributed by atoms with E-state index in [-0.39, 0.29) is 23.4 Å². The Kier molecular flexibility index (Phi) is 11.1. The van der Waals surface area contributed by atoms with Crippen LogP contribution >= 0.6 is 24.4 Å². The number of ether oxygens (including phenoxy) is 4. The summed E-state index contributed by atoms with van der Waals surface area (Å²) in [4.78, 5) is 57.6. The van der Waals surface area contributed by atoms with Gasteiger partial charge in [-0.1, -0.05) is 12.1 Å². The second kappa shape index (κ2) is 15.2. The zero-order valence-electron chi connectivity index (χ0n) is 23.6. The van der Waals surface area contributed by atoms with Gasteiger partial charge in [0.1, 0.15) is 36.1 Å². The van der Waals surface area contributed by atoms with Gasteiger partial charge in [0, 0.05) is 26.6 Å². The van der Waals surface area contributed by atoms with Gasteiger partial charge < -0.3 is 40.2 Å². The fourth-order valence-corrected chi connectivity index (χ4v) is 4.34. The molecule has 44 heavy (non-hydrogen) atoms. The smallest absolute Gasteiger partial charge is 0.244 e. The largest absolute Gasteiger partial charge is 0.489 e. The lowest BCUT2D eigenvalue weighted by Crippen LogP contribution is -2.56. The molecule has 2 heterocycles. The second-order valence-corrected chi connectivity index (χ2v) is 9.99. The molecule has 0 saturated carbocycles. The Balaban J connectivity index is 1.63. The highest BCUT2D eigenvalue weighted by atomic mass is 32.1. The average Bonchev–Trinajstić information content (AvgIpc) is 2.97. The van der Waals surface area contributed by atoms with E-state index in [0.29, 0.717) is 36.1 Å². The first kappa shape index (κ1) is 32.3. The van der Waals surface area contributed by atoms with Gasteiger partial charge in [-0.05, 0) is 59.8 Å². The van der Waals surface area contributed by atoms with Gasteiger partial charge >= 0.3 is 0 Å². The predicted molar refractivity (Wildman–Crippen MR) is 168 cm³/mol. The van der Waals surface area contributed by atoms with Crippen LogP contribution in [-0.4, -0.2) is 86.9 Å². The Morgan fingerprint density at radius 2 is 1.00 bits per heavy atom. The number of amides is 4. The third-order valence-electron chi connectivity index (χ3n) is 6.15. The molecule has 4 N–H and O–H groups in total. The van der Waals surface area contributed by atoms with Gasteiger partial charge in [-0.25, -0.2) is 0 Å². The Morgan fingerprint density at radius 1 is 0.636 bits per heavy atom. The molecule has 2 aliphatic rings.